The van der Waals surface area contributed by atoms with Crippen molar-refractivity contribution in [2.24, 2.45) is 13.0 Å². The lowest BCUT2D eigenvalue weighted by atomic mass is 9.81. The van der Waals surface area contributed by atoms with Gasteiger partial charge in [-0.3, -0.25) is 4.68 Å². The van der Waals surface area contributed by atoms with Gasteiger partial charge in [-0.05, 0) is 32.3 Å². The van der Waals surface area contributed by atoms with Crippen LogP contribution in [0.25, 0.3) is 11.0 Å². The summed E-state index contributed by atoms with van der Waals surface area (Å²) in [6.07, 6.45) is 7.42. The van der Waals surface area contributed by atoms with Crippen molar-refractivity contribution >= 4 is 16.7 Å². The van der Waals surface area contributed by atoms with E-state index in [4.69, 9.17) is 0 Å². The quantitative estimate of drug-likeness (QED) is 0.915. The van der Waals surface area contributed by atoms with E-state index >= 15 is 0 Å². The average Bonchev–Trinajstić information content (AvgIpc) is 2.60. The molecule has 4 nitrogen and oxygen atoms in total. The summed E-state index contributed by atoms with van der Waals surface area (Å²) in [6.45, 7) is 4.30. The number of hydrogen-bond acceptors (Lipinski definition) is 3. The van der Waals surface area contributed by atoms with Crippen LogP contribution >= 0.6 is 0 Å². The van der Waals surface area contributed by atoms with Crippen molar-refractivity contribution in [1.82, 2.24) is 14.8 Å². The molecule has 0 spiro atoms. The second-order valence-electron chi connectivity index (χ2n) is 5.88. The van der Waals surface area contributed by atoms with Crippen LogP contribution in [0.3, 0.4) is 0 Å². The fourth-order valence-electron chi connectivity index (χ4n) is 2.96. The number of aromatic nitrogens is 3. The molecule has 1 unspecified atom stereocenters. The third-order valence-corrected chi connectivity index (χ3v) is 4.19. The monoisotopic (exact) mass is 258 g/mol. The van der Waals surface area contributed by atoms with E-state index in [0.717, 1.165) is 28.3 Å². The number of hydrogen-bond donors (Lipinski definition) is 1. The third kappa shape index (κ3) is 2.44. The molecule has 0 amide bonds. The van der Waals surface area contributed by atoms with Gasteiger partial charge < -0.3 is 5.32 Å². The zero-order valence-corrected chi connectivity index (χ0v) is 12.0. The first kappa shape index (κ1) is 12.5. The number of rotatable bonds is 4. The van der Waals surface area contributed by atoms with Crippen LogP contribution in [0.2, 0.25) is 0 Å². The topological polar surface area (TPSA) is 42.7 Å². The molecule has 1 N–H and O–H groups in total. The number of anilines is 1. The van der Waals surface area contributed by atoms with E-state index in [9.17, 15) is 0 Å². The number of nitrogens with one attached hydrogen (secondary N) is 1. The summed E-state index contributed by atoms with van der Waals surface area (Å²) in [7, 11) is 1.94. The predicted octanol–water partition coefficient (Wildman–Crippen LogP) is 3.27. The number of pyridine rings is 1. The van der Waals surface area contributed by atoms with Crippen molar-refractivity contribution in [1.29, 1.82) is 0 Å². The summed E-state index contributed by atoms with van der Waals surface area (Å²) in [5.41, 5.74) is 3.10. The largest absolute Gasteiger partial charge is 0.381 e. The summed E-state index contributed by atoms with van der Waals surface area (Å²) >= 11 is 0. The van der Waals surface area contributed by atoms with Crippen molar-refractivity contribution in [2.75, 3.05) is 5.32 Å². The molecule has 2 heterocycles. The third-order valence-electron chi connectivity index (χ3n) is 4.19. The Morgan fingerprint density at radius 2 is 2.26 bits per heavy atom. The molecule has 1 atom stereocenters. The summed E-state index contributed by atoms with van der Waals surface area (Å²) in [4.78, 5) is 4.51. The lowest BCUT2D eigenvalue weighted by Crippen LogP contribution is -2.23. The maximum Gasteiger partial charge on any atom is 0.157 e. The molecule has 0 radical (unpaired) electrons. The van der Waals surface area contributed by atoms with Crippen LogP contribution in [-0.2, 0) is 7.05 Å². The van der Waals surface area contributed by atoms with Gasteiger partial charge in [-0.25, -0.2) is 4.98 Å². The minimum absolute atomic E-state index is 0.515. The predicted molar refractivity (Wildman–Crippen MR) is 78.3 cm³/mol. The van der Waals surface area contributed by atoms with Crippen molar-refractivity contribution < 1.29 is 0 Å². The zero-order chi connectivity index (χ0) is 13.4. The molecule has 102 valence electrons. The van der Waals surface area contributed by atoms with Crippen LogP contribution in [0.1, 0.15) is 38.3 Å². The standard InChI is InChI=1S/C15H22N4/c1-10(7-12-5-4-6-12)17-13-8-14-11(2)18-19(3)15(14)16-9-13/h8-10,12,17H,4-7H2,1-3H3. The molecule has 1 aliphatic rings. The number of nitrogens with zero attached hydrogens (tertiary/aromatic N) is 3. The first-order chi connectivity index (χ1) is 9.13. The van der Waals surface area contributed by atoms with E-state index in [0.29, 0.717) is 6.04 Å². The Labute approximate surface area is 114 Å². The minimum Gasteiger partial charge on any atom is -0.381 e. The first-order valence-corrected chi connectivity index (χ1v) is 7.19. The normalized spacial score (nSPS) is 17.4. The van der Waals surface area contributed by atoms with E-state index in [1.165, 1.54) is 25.7 Å². The maximum absolute atomic E-state index is 4.51. The summed E-state index contributed by atoms with van der Waals surface area (Å²) in [6, 6.07) is 2.68. The van der Waals surface area contributed by atoms with Gasteiger partial charge in [-0.15, -0.1) is 0 Å². The molecule has 0 aromatic carbocycles. The Bertz CT molecular complexity index is 583. The van der Waals surface area contributed by atoms with Gasteiger partial charge >= 0.3 is 0 Å². The van der Waals surface area contributed by atoms with E-state index < -0.39 is 0 Å². The molecule has 0 aliphatic heterocycles. The van der Waals surface area contributed by atoms with Gasteiger partial charge in [0.1, 0.15) is 0 Å². The van der Waals surface area contributed by atoms with E-state index in [1.807, 2.05) is 24.9 Å². The molecule has 2 aromatic rings. The van der Waals surface area contributed by atoms with E-state index in [1.54, 1.807) is 0 Å². The molecule has 2 aromatic heterocycles. The van der Waals surface area contributed by atoms with Gasteiger partial charge in [0, 0.05) is 18.5 Å². The summed E-state index contributed by atoms with van der Waals surface area (Å²) in [5, 5.41) is 9.12. The van der Waals surface area contributed by atoms with Crippen LogP contribution in [0.15, 0.2) is 12.3 Å². The first-order valence-electron chi connectivity index (χ1n) is 7.19. The minimum atomic E-state index is 0.515. The molecule has 3 rings (SSSR count). The molecular weight excluding hydrogens is 236 g/mol. The van der Waals surface area contributed by atoms with Crippen LogP contribution in [-0.4, -0.2) is 20.8 Å². The highest BCUT2D eigenvalue weighted by molar-refractivity contribution is 5.81. The fraction of sp³-hybridized carbons (Fsp3) is 0.600. The van der Waals surface area contributed by atoms with E-state index in [2.05, 4.69) is 28.4 Å². The smallest absolute Gasteiger partial charge is 0.157 e. The van der Waals surface area contributed by atoms with Gasteiger partial charge in [-0.2, -0.15) is 5.10 Å². The Balaban J connectivity index is 1.75. The molecule has 1 aliphatic carbocycles. The Morgan fingerprint density at radius 3 is 2.95 bits per heavy atom. The summed E-state index contributed by atoms with van der Waals surface area (Å²) < 4.78 is 1.84. The lowest BCUT2D eigenvalue weighted by Gasteiger charge is -2.28. The van der Waals surface area contributed by atoms with Crippen molar-refractivity contribution in [2.45, 2.75) is 45.6 Å². The van der Waals surface area contributed by atoms with E-state index in [-0.39, 0.29) is 0 Å². The van der Waals surface area contributed by atoms with Crippen molar-refractivity contribution in [3.8, 4) is 0 Å². The van der Waals surface area contributed by atoms with Gasteiger partial charge in [0.05, 0.1) is 17.6 Å². The van der Waals surface area contributed by atoms with Gasteiger partial charge in [0.15, 0.2) is 5.65 Å². The zero-order valence-electron chi connectivity index (χ0n) is 12.0. The highest BCUT2D eigenvalue weighted by atomic mass is 15.3. The fourth-order valence-corrected chi connectivity index (χ4v) is 2.96. The average molecular weight is 258 g/mol. The molecule has 0 saturated heterocycles. The Kier molecular flexibility index (Phi) is 3.17. The molecule has 1 fully saturated rings. The number of fused-ring (bicyclic) bond motifs is 1. The Hall–Kier alpha value is -1.58. The molecule has 19 heavy (non-hydrogen) atoms. The SMILES string of the molecule is Cc1nn(C)c2ncc(NC(C)CC3CCC3)cc12. The maximum atomic E-state index is 4.51. The highest BCUT2D eigenvalue weighted by Crippen LogP contribution is 2.31. The molecule has 1 saturated carbocycles. The van der Waals surface area contributed by atoms with Gasteiger partial charge in [0.2, 0.25) is 0 Å². The molecule has 4 heteroatoms. The molecule has 0 bridgehead atoms. The van der Waals surface area contributed by atoms with Crippen LogP contribution in [0, 0.1) is 12.8 Å². The van der Waals surface area contributed by atoms with Crippen LogP contribution in [0.4, 0.5) is 5.69 Å². The second kappa shape index (κ2) is 4.83. The van der Waals surface area contributed by atoms with Crippen LogP contribution in [0.5, 0.6) is 0 Å². The molecular formula is C15H22N4. The van der Waals surface area contributed by atoms with Gasteiger partial charge in [-0.1, -0.05) is 19.3 Å². The van der Waals surface area contributed by atoms with Crippen molar-refractivity contribution in [3.05, 3.63) is 18.0 Å². The Morgan fingerprint density at radius 1 is 1.47 bits per heavy atom. The second-order valence-corrected chi connectivity index (χ2v) is 5.88. The number of aryl methyl sites for hydroxylation is 2. The van der Waals surface area contributed by atoms with Crippen LogP contribution < -0.4 is 5.32 Å². The van der Waals surface area contributed by atoms with Crippen molar-refractivity contribution in [3.63, 3.8) is 0 Å². The van der Waals surface area contributed by atoms with Gasteiger partial charge in [0.25, 0.3) is 0 Å². The highest BCUT2D eigenvalue weighted by Gasteiger charge is 2.20. The lowest BCUT2D eigenvalue weighted by molar-refractivity contribution is 0.286. The summed E-state index contributed by atoms with van der Waals surface area (Å²) in [5.74, 6) is 0.930.